The summed E-state index contributed by atoms with van der Waals surface area (Å²) in [5.41, 5.74) is 6.83. The summed E-state index contributed by atoms with van der Waals surface area (Å²) < 4.78 is 16.8. The van der Waals surface area contributed by atoms with Crippen molar-refractivity contribution in [2.45, 2.75) is 45.1 Å². The van der Waals surface area contributed by atoms with Crippen molar-refractivity contribution in [3.8, 4) is 22.5 Å². The molecule has 1 fully saturated rings. The third kappa shape index (κ3) is 4.95. The molecule has 1 saturated carbocycles. The Morgan fingerprint density at radius 3 is 2.22 bits per heavy atom. The van der Waals surface area contributed by atoms with Gasteiger partial charge in [0, 0.05) is 29.9 Å². The van der Waals surface area contributed by atoms with Crippen LogP contribution in [0.2, 0.25) is 0 Å². The minimum Gasteiger partial charge on any atom is -0.465 e. The molecule has 2 aromatic heterocycles. The van der Waals surface area contributed by atoms with Crippen LogP contribution in [-0.2, 0) is 32.7 Å². The van der Waals surface area contributed by atoms with E-state index in [1.165, 1.54) is 0 Å². The maximum Gasteiger partial charge on any atom is 0.316 e. The van der Waals surface area contributed by atoms with Gasteiger partial charge in [0.05, 0.1) is 30.9 Å². The fourth-order valence-electron chi connectivity index (χ4n) is 4.55. The van der Waals surface area contributed by atoms with E-state index in [-0.39, 0.29) is 5.97 Å². The van der Waals surface area contributed by atoms with Gasteiger partial charge in [0.15, 0.2) is 5.76 Å². The third-order valence-electron chi connectivity index (χ3n) is 6.83. The van der Waals surface area contributed by atoms with E-state index in [1.807, 2.05) is 26.0 Å². The molecule has 0 atom stereocenters. The molecule has 4 aromatic rings. The lowest BCUT2D eigenvalue weighted by Crippen LogP contribution is -2.23. The summed E-state index contributed by atoms with van der Waals surface area (Å²) in [4.78, 5) is 16.4. The SMILES string of the molecule is CCOC(=O)C1(c2ccc(-c3ccc(-c4onc(C)c4CCOCc4ccncc4)cc3)cc2)CC1. The molecule has 0 radical (unpaired) electrons. The lowest BCUT2D eigenvalue weighted by molar-refractivity contribution is -0.146. The van der Waals surface area contributed by atoms with Crippen LogP contribution in [0, 0.1) is 6.92 Å². The Morgan fingerprint density at radius 1 is 0.944 bits per heavy atom. The number of ether oxygens (including phenoxy) is 2. The van der Waals surface area contributed by atoms with Gasteiger partial charge in [0.1, 0.15) is 0 Å². The minimum absolute atomic E-state index is 0.108. The molecule has 0 bridgehead atoms. The van der Waals surface area contributed by atoms with Crippen molar-refractivity contribution >= 4 is 5.97 Å². The first-order valence-corrected chi connectivity index (χ1v) is 12.4. The van der Waals surface area contributed by atoms with Gasteiger partial charge in [0.2, 0.25) is 0 Å². The second-order valence-corrected chi connectivity index (χ2v) is 9.19. The van der Waals surface area contributed by atoms with E-state index in [2.05, 4.69) is 58.7 Å². The lowest BCUT2D eigenvalue weighted by Gasteiger charge is -2.14. The van der Waals surface area contributed by atoms with Crippen LogP contribution in [0.25, 0.3) is 22.5 Å². The Hall–Kier alpha value is -3.77. The Balaban J connectivity index is 1.25. The van der Waals surface area contributed by atoms with E-state index in [0.717, 1.165) is 64.1 Å². The molecule has 0 aliphatic heterocycles. The highest BCUT2D eigenvalue weighted by atomic mass is 16.5. The molecule has 184 valence electrons. The van der Waals surface area contributed by atoms with Crippen molar-refractivity contribution < 1.29 is 18.8 Å². The molecule has 6 nitrogen and oxygen atoms in total. The van der Waals surface area contributed by atoms with Gasteiger partial charge in [-0.15, -0.1) is 0 Å². The predicted octanol–water partition coefficient (Wildman–Crippen LogP) is 6.07. The average Bonchev–Trinajstić information content (AvgIpc) is 3.66. The van der Waals surface area contributed by atoms with E-state index in [9.17, 15) is 4.79 Å². The third-order valence-corrected chi connectivity index (χ3v) is 6.83. The maximum atomic E-state index is 12.4. The highest BCUT2D eigenvalue weighted by molar-refractivity contribution is 5.87. The first kappa shape index (κ1) is 23.9. The van der Waals surface area contributed by atoms with Crippen molar-refractivity contribution in [3.05, 3.63) is 95.4 Å². The number of aryl methyl sites for hydroxylation is 1. The molecule has 2 heterocycles. The van der Waals surface area contributed by atoms with Crippen LogP contribution in [0.3, 0.4) is 0 Å². The molecule has 1 aliphatic carbocycles. The van der Waals surface area contributed by atoms with Crippen molar-refractivity contribution in [2.75, 3.05) is 13.2 Å². The van der Waals surface area contributed by atoms with Gasteiger partial charge >= 0.3 is 5.97 Å². The van der Waals surface area contributed by atoms with Crippen LogP contribution in [0.5, 0.6) is 0 Å². The molecule has 0 spiro atoms. The fraction of sp³-hybridized carbons (Fsp3) is 0.300. The lowest BCUT2D eigenvalue weighted by atomic mass is 9.93. The molecule has 5 rings (SSSR count). The molecule has 1 aliphatic rings. The Morgan fingerprint density at radius 2 is 1.58 bits per heavy atom. The van der Waals surface area contributed by atoms with E-state index in [4.69, 9.17) is 14.0 Å². The largest absolute Gasteiger partial charge is 0.465 e. The Labute approximate surface area is 211 Å². The van der Waals surface area contributed by atoms with Gasteiger partial charge in [-0.3, -0.25) is 9.78 Å². The van der Waals surface area contributed by atoms with Crippen molar-refractivity contribution in [3.63, 3.8) is 0 Å². The topological polar surface area (TPSA) is 74.5 Å². The number of aromatic nitrogens is 2. The molecular formula is C30H30N2O4. The Bertz CT molecular complexity index is 1310. The van der Waals surface area contributed by atoms with Crippen LogP contribution in [0.1, 0.15) is 42.1 Å². The van der Waals surface area contributed by atoms with Gasteiger partial charge < -0.3 is 14.0 Å². The molecule has 0 amide bonds. The van der Waals surface area contributed by atoms with E-state index < -0.39 is 5.41 Å². The second kappa shape index (κ2) is 10.5. The average molecular weight is 483 g/mol. The number of benzene rings is 2. The highest BCUT2D eigenvalue weighted by Gasteiger charge is 2.52. The molecule has 0 unspecified atom stereocenters. The van der Waals surface area contributed by atoms with Gasteiger partial charge in [0.25, 0.3) is 0 Å². The van der Waals surface area contributed by atoms with Crippen LogP contribution >= 0.6 is 0 Å². The summed E-state index contributed by atoms with van der Waals surface area (Å²) in [7, 11) is 0. The number of esters is 1. The van der Waals surface area contributed by atoms with Gasteiger partial charge in [-0.1, -0.05) is 53.7 Å². The van der Waals surface area contributed by atoms with Crippen LogP contribution in [0.15, 0.2) is 77.6 Å². The van der Waals surface area contributed by atoms with E-state index in [0.29, 0.717) is 19.8 Å². The van der Waals surface area contributed by atoms with E-state index in [1.54, 1.807) is 12.4 Å². The van der Waals surface area contributed by atoms with Gasteiger partial charge in [-0.05, 0) is 61.1 Å². The number of rotatable bonds is 10. The number of nitrogens with zero attached hydrogens (tertiary/aromatic N) is 2. The summed E-state index contributed by atoms with van der Waals surface area (Å²) in [5.74, 6) is 0.676. The maximum absolute atomic E-state index is 12.4. The molecule has 36 heavy (non-hydrogen) atoms. The summed E-state index contributed by atoms with van der Waals surface area (Å²) >= 11 is 0. The normalized spacial score (nSPS) is 13.9. The van der Waals surface area contributed by atoms with Gasteiger partial charge in [-0.25, -0.2) is 0 Å². The predicted molar refractivity (Wildman–Crippen MR) is 137 cm³/mol. The smallest absolute Gasteiger partial charge is 0.316 e. The monoisotopic (exact) mass is 482 g/mol. The first-order valence-electron chi connectivity index (χ1n) is 12.4. The van der Waals surface area contributed by atoms with Crippen LogP contribution in [0.4, 0.5) is 0 Å². The first-order chi connectivity index (χ1) is 17.6. The van der Waals surface area contributed by atoms with Gasteiger partial charge in [-0.2, -0.15) is 0 Å². The van der Waals surface area contributed by atoms with Crippen LogP contribution < -0.4 is 0 Å². The highest BCUT2D eigenvalue weighted by Crippen LogP contribution is 2.49. The molecular weight excluding hydrogens is 452 g/mol. The molecule has 2 aromatic carbocycles. The zero-order valence-electron chi connectivity index (χ0n) is 20.7. The zero-order chi connectivity index (χ0) is 25.0. The van der Waals surface area contributed by atoms with Crippen molar-refractivity contribution in [1.29, 1.82) is 0 Å². The number of carbonyl (C=O) groups excluding carboxylic acids is 1. The summed E-state index contributed by atoms with van der Waals surface area (Å²) in [6.45, 7) is 5.35. The Kier molecular flexibility index (Phi) is 6.96. The molecule has 0 saturated heterocycles. The fourth-order valence-corrected chi connectivity index (χ4v) is 4.55. The van der Waals surface area contributed by atoms with Crippen molar-refractivity contribution in [1.82, 2.24) is 10.1 Å². The number of hydrogen-bond donors (Lipinski definition) is 0. The number of pyridine rings is 1. The second-order valence-electron chi connectivity index (χ2n) is 9.19. The summed E-state index contributed by atoms with van der Waals surface area (Å²) in [6, 6.07) is 20.5. The number of hydrogen-bond acceptors (Lipinski definition) is 6. The summed E-state index contributed by atoms with van der Waals surface area (Å²) in [5, 5.41) is 4.20. The van der Waals surface area contributed by atoms with Crippen molar-refractivity contribution in [2.24, 2.45) is 0 Å². The standard InChI is InChI=1S/C30H30N2O4/c1-3-35-29(33)30(15-16-30)26-10-8-24(9-11-26)23-4-6-25(7-5-23)28-27(21(2)32-36-28)14-19-34-20-22-12-17-31-18-13-22/h4-13,17-18H,3,14-16,19-20H2,1-2H3. The molecule has 0 N–H and O–H groups in total. The van der Waals surface area contributed by atoms with Crippen LogP contribution in [-0.4, -0.2) is 29.3 Å². The summed E-state index contributed by atoms with van der Waals surface area (Å²) in [6.07, 6.45) is 5.97. The molecule has 6 heteroatoms. The van der Waals surface area contributed by atoms with E-state index >= 15 is 0 Å². The zero-order valence-corrected chi connectivity index (χ0v) is 20.7. The quantitative estimate of drug-likeness (QED) is 0.202. The number of carbonyl (C=O) groups is 1. The minimum atomic E-state index is -0.443.